The van der Waals surface area contributed by atoms with Crippen LogP contribution in [0, 0.1) is 0 Å². The van der Waals surface area contributed by atoms with Crippen molar-refractivity contribution in [1.82, 2.24) is 0 Å². The van der Waals surface area contributed by atoms with Crippen molar-refractivity contribution in [2.45, 2.75) is 55.2 Å². The molecular formula is C12H16BrN3O7. The largest absolute Gasteiger partial charge is 0.386 e. The van der Waals surface area contributed by atoms with Gasteiger partial charge in [0.15, 0.2) is 34.7 Å². The molecule has 1 unspecified atom stereocenters. The maximum atomic E-state index is 12.1. The van der Waals surface area contributed by atoms with Crippen LogP contribution in [0.3, 0.4) is 0 Å². The molecule has 0 aliphatic carbocycles. The molecule has 0 spiro atoms. The fourth-order valence-electron chi connectivity index (χ4n) is 2.53. The number of nitrogens with zero attached hydrogens (tertiary/aromatic N) is 3. The van der Waals surface area contributed by atoms with Crippen molar-refractivity contribution in [3.8, 4) is 0 Å². The van der Waals surface area contributed by atoms with E-state index in [-0.39, 0.29) is 0 Å². The van der Waals surface area contributed by atoms with Gasteiger partial charge in [-0.25, -0.2) is 0 Å². The fraction of sp³-hybridized carbons (Fsp3) is 0.750. The SMILES string of the molecule is CC(=O)[C@@]1(O)[C@H](N=[N+]=[N-])[C@@H](Br)O[C@H](C(=O)C(C)O)[C@@]1(O)C(C)=O. The molecule has 0 aromatic heterocycles. The van der Waals surface area contributed by atoms with Gasteiger partial charge in [0, 0.05) is 4.91 Å². The van der Waals surface area contributed by atoms with Gasteiger partial charge in [0.05, 0.1) is 0 Å². The molecule has 23 heavy (non-hydrogen) atoms. The number of halogens is 1. The van der Waals surface area contributed by atoms with Crippen molar-refractivity contribution >= 4 is 33.3 Å². The molecule has 128 valence electrons. The van der Waals surface area contributed by atoms with Crippen molar-refractivity contribution in [2.24, 2.45) is 5.11 Å². The number of azide groups is 1. The van der Waals surface area contributed by atoms with Crippen LogP contribution in [0.4, 0.5) is 0 Å². The van der Waals surface area contributed by atoms with Gasteiger partial charge in [-0.3, -0.25) is 14.4 Å². The highest BCUT2D eigenvalue weighted by Gasteiger charge is 2.71. The van der Waals surface area contributed by atoms with Crippen LogP contribution in [-0.2, 0) is 19.1 Å². The summed E-state index contributed by atoms with van der Waals surface area (Å²) < 4.78 is 5.16. The average Bonchev–Trinajstić information content (AvgIpc) is 2.45. The monoisotopic (exact) mass is 393 g/mol. The second kappa shape index (κ2) is 6.63. The Morgan fingerprint density at radius 2 is 1.74 bits per heavy atom. The number of Topliss-reactive ketones (excluding diaryl/α,β-unsaturated/α-hetero) is 3. The number of alkyl halides is 1. The van der Waals surface area contributed by atoms with Gasteiger partial charge in [0.1, 0.15) is 17.2 Å². The van der Waals surface area contributed by atoms with E-state index in [1.807, 2.05) is 0 Å². The predicted octanol–water partition coefficient (Wildman–Crippen LogP) is -0.625. The van der Waals surface area contributed by atoms with Crippen molar-refractivity contribution in [2.75, 3.05) is 0 Å². The molecule has 0 radical (unpaired) electrons. The summed E-state index contributed by atoms with van der Waals surface area (Å²) in [6.45, 7) is 2.77. The van der Waals surface area contributed by atoms with Crippen LogP contribution in [-0.4, -0.2) is 67.1 Å². The van der Waals surface area contributed by atoms with E-state index >= 15 is 0 Å². The van der Waals surface area contributed by atoms with Gasteiger partial charge < -0.3 is 20.1 Å². The summed E-state index contributed by atoms with van der Waals surface area (Å²) >= 11 is 2.90. The Kier molecular flexibility index (Phi) is 5.68. The zero-order valence-electron chi connectivity index (χ0n) is 12.5. The molecule has 3 N–H and O–H groups in total. The molecule has 11 heteroatoms. The maximum absolute atomic E-state index is 12.1. The first kappa shape index (κ1) is 19.7. The Balaban J connectivity index is 3.70. The van der Waals surface area contributed by atoms with Crippen LogP contribution >= 0.6 is 15.9 Å². The molecule has 10 nitrogen and oxygen atoms in total. The molecule has 1 heterocycles. The van der Waals surface area contributed by atoms with E-state index in [0.717, 1.165) is 20.8 Å². The van der Waals surface area contributed by atoms with Gasteiger partial charge in [0.2, 0.25) is 0 Å². The summed E-state index contributed by atoms with van der Waals surface area (Å²) in [5.74, 6) is -3.39. The van der Waals surface area contributed by atoms with Gasteiger partial charge in [-0.2, -0.15) is 0 Å². The Bertz CT molecular complexity index is 591. The second-order valence-electron chi connectivity index (χ2n) is 5.24. The summed E-state index contributed by atoms with van der Waals surface area (Å²) in [5.41, 5.74) is 2.65. The lowest BCUT2D eigenvalue weighted by Crippen LogP contribution is -2.79. The van der Waals surface area contributed by atoms with Gasteiger partial charge in [-0.15, -0.1) is 0 Å². The maximum Gasteiger partial charge on any atom is 0.193 e. The Labute approximate surface area is 139 Å². The first-order valence-electron chi connectivity index (χ1n) is 6.48. The van der Waals surface area contributed by atoms with Crippen molar-refractivity contribution in [3.63, 3.8) is 0 Å². The molecule has 0 saturated carbocycles. The highest BCUT2D eigenvalue weighted by Crippen LogP contribution is 2.43. The van der Waals surface area contributed by atoms with E-state index in [2.05, 4.69) is 26.0 Å². The smallest absolute Gasteiger partial charge is 0.193 e. The summed E-state index contributed by atoms with van der Waals surface area (Å²) in [5, 5.41) is 32.8. The first-order valence-corrected chi connectivity index (χ1v) is 7.40. The van der Waals surface area contributed by atoms with E-state index in [4.69, 9.17) is 10.3 Å². The van der Waals surface area contributed by atoms with Crippen LogP contribution in [0.2, 0.25) is 0 Å². The minimum Gasteiger partial charge on any atom is -0.386 e. The normalized spacial score (nSPS) is 38.3. The lowest BCUT2D eigenvalue weighted by Gasteiger charge is -2.52. The third kappa shape index (κ3) is 2.80. The van der Waals surface area contributed by atoms with Crippen LogP contribution in [0.1, 0.15) is 20.8 Å². The Morgan fingerprint density at radius 1 is 1.26 bits per heavy atom. The third-order valence-corrected chi connectivity index (χ3v) is 4.54. The fourth-order valence-corrected chi connectivity index (χ4v) is 3.24. The van der Waals surface area contributed by atoms with Crippen LogP contribution < -0.4 is 0 Å². The van der Waals surface area contributed by atoms with E-state index < -0.39 is 51.8 Å². The van der Waals surface area contributed by atoms with E-state index in [0.29, 0.717) is 0 Å². The van der Waals surface area contributed by atoms with Crippen molar-refractivity contribution in [3.05, 3.63) is 10.4 Å². The Hall–Kier alpha value is -1.36. The molecule has 0 amide bonds. The number of ether oxygens (including phenoxy) is 1. The number of rotatable bonds is 5. The molecule has 1 aliphatic heterocycles. The molecule has 1 rings (SSSR count). The van der Waals surface area contributed by atoms with Crippen molar-refractivity contribution in [1.29, 1.82) is 0 Å². The lowest BCUT2D eigenvalue weighted by atomic mass is 9.67. The topological polar surface area (TPSA) is 170 Å². The van der Waals surface area contributed by atoms with E-state index in [9.17, 15) is 29.7 Å². The molecule has 0 aromatic rings. The van der Waals surface area contributed by atoms with Crippen LogP contribution in [0.25, 0.3) is 10.4 Å². The first-order chi connectivity index (χ1) is 10.5. The van der Waals surface area contributed by atoms with Gasteiger partial charge >= 0.3 is 0 Å². The molecule has 6 atom stereocenters. The number of aliphatic hydroxyl groups is 3. The number of ketones is 3. The number of hydrogen-bond donors (Lipinski definition) is 3. The van der Waals surface area contributed by atoms with Gasteiger partial charge in [-0.05, 0) is 26.3 Å². The third-order valence-electron chi connectivity index (χ3n) is 3.82. The second-order valence-corrected chi connectivity index (χ2v) is 6.14. The standard InChI is InChI=1S/C12H16BrN3O7/c1-4(17)7(20)9-12(22,6(3)19)11(21,5(2)18)8(15-16-14)10(13)23-9/h4,8-10,17,21-22H,1-3H3/t4?,8-,9-,10+,11-,12+/m1/s1. The number of aliphatic hydroxyl groups excluding tert-OH is 1. The number of carbonyl (C=O) groups is 3. The quantitative estimate of drug-likeness (QED) is 0.241. The number of carbonyl (C=O) groups excluding carboxylic acids is 3. The molecule has 0 aromatic carbocycles. The Morgan fingerprint density at radius 3 is 2.09 bits per heavy atom. The van der Waals surface area contributed by atoms with Gasteiger partial charge in [0.25, 0.3) is 0 Å². The summed E-state index contributed by atoms with van der Waals surface area (Å²) in [6.07, 6.45) is -3.68. The minimum absolute atomic E-state index is 0.835. The zero-order chi connectivity index (χ0) is 18.2. The lowest BCUT2D eigenvalue weighted by molar-refractivity contribution is -0.245. The molecule has 1 fully saturated rings. The summed E-state index contributed by atoms with van der Waals surface area (Å²) in [6, 6.07) is -1.73. The molecule has 1 saturated heterocycles. The van der Waals surface area contributed by atoms with E-state index in [1.165, 1.54) is 0 Å². The number of hydrogen-bond acceptors (Lipinski definition) is 8. The molecule has 0 bridgehead atoms. The summed E-state index contributed by atoms with van der Waals surface area (Å²) in [7, 11) is 0. The van der Waals surface area contributed by atoms with Crippen LogP contribution in [0.15, 0.2) is 5.11 Å². The van der Waals surface area contributed by atoms with Crippen molar-refractivity contribution < 1.29 is 34.4 Å². The van der Waals surface area contributed by atoms with Crippen LogP contribution in [0.5, 0.6) is 0 Å². The van der Waals surface area contributed by atoms with E-state index in [1.54, 1.807) is 0 Å². The molecule has 1 aliphatic rings. The average molecular weight is 394 g/mol. The molecular weight excluding hydrogens is 378 g/mol. The summed E-state index contributed by atoms with van der Waals surface area (Å²) in [4.78, 5) is 38.6. The minimum atomic E-state index is -3.03. The highest BCUT2D eigenvalue weighted by atomic mass is 79.9. The zero-order valence-corrected chi connectivity index (χ0v) is 14.1. The van der Waals surface area contributed by atoms with Gasteiger partial charge in [-0.1, -0.05) is 21.0 Å². The predicted molar refractivity (Wildman–Crippen MR) is 78.5 cm³/mol. The highest BCUT2D eigenvalue weighted by molar-refractivity contribution is 9.09.